The second-order valence-corrected chi connectivity index (χ2v) is 7.27. The number of aromatic nitrogens is 1. The first-order chi connectivity index (χ1) is 12.5. The van der Waals surface area contributed by atoms with Gasteiger partial charge in [0.2, 0.25) is 0 Å². The number of carbonyl (C=O) groups is 2. The van der Waals surface area contributed by atoms with Crippen LogP contribution in [0, 0.1) is 0 Å². The molecule has 0 saturated carbocycles. The Labute approximate surface area is 154 Å². The molecule has 1 fully saturated rings. The summed E-state index contributed by atoms with van der Waals surface area (Å²) < 4.78 is 2.04. The topological polar surface area (TPSA) is 80.4 Å². The molecule has 1 aliphatic rings. The Kier molecular flexibility index (Phi) is 5.74. The van der Waals surface area contributed by atoms with Crippen molar-refractivity contribution in [1.82, 2.24) is 14.8 Å². The molecule has 3 rings (SSSR count). The van der Waals surface area contributed by atoms with Crippen LogP contribution in [-0.4, -0.2) is 53.4 Å². The lowest BCUT2D eigenvalue weighted by Crippen LogP contribution is -2.47. The maximum atomic E-state index is 12.8. The van der Waals surface area contributed by atoms with E-state index >= 15 is 0 Å². The van der Waals surface area contributed by atoms with Crippen molar-refractivity contribution in [3.63, 3.8) is 0 Å². The number of hydrogen-bond acceptors (Lipinski definition) is 4. The van der Waals surface area contributed by atoms with Gasteiger partial charge in [-0.15, -0.1) is 0 Å². The number of rotatable bonds is 6. The zero-order chi connectivity index (χ0) is 18.7. The third-order valence-electron chi connectivity index (χ3n) is 5.12. The molecular formula is C20H28N4O2. The van der Waals surface area contributed by atoms with Gasteiger partial charge in [0.15, 0.2) is 0 Å². The summed E-state index contributed by atoms with van der Waals surface area (Å²) in [7, 11) is 0. The molecule has 0 unspecified atom stereocenters. The van der Waals surface area contributed by atoms with E-state index in [-0.39, 0.29) is 12.1 Å². The molecule has 0 atom stereocenters. The van der Waals surface area contributed by atoms with Crippen LogP contribution in [0.15, 0.2) is 30.5 Å². The van der Waals surface area contributed by atoms with E-state index in [1.165, 1.54) is 0 Å². The van der Waals surface area contributed by atoms with Crippen LogP contribution in [0.1, 0.15) is 43.1 Å². The minimum Gasteiger partial charge on any atom is -0.346 e. The summed E-state index contributed by atoms with van der Waals surface area (Å²) in [4.78, 5) is 27.6. The quantitative estimate of drug-likeness (QED) is 0.612. The van der Waals surface area contributed by atoms with Crippen molar-refractivity contribution in [3.05, 3.63) is 36.0 Å². The lowest BCUT2D eigenvalue weighted by atomic mass is 10.0. The molecule has 0 bridgehead atoms. The van der Waals surface area contributed by atoms with Crippen LogP contribution in [0.4, 0.5) is 0 Å². The minimum absolute atomic E-state index is 0.0546. The lowest BCUT2D eigenvalue weighted by Gasteiger charge is -2.31. The van der Waals surface area contributed by atoms with Crippen molar-refractivity contribution in [2.45, 2.75) is 38.8 Å². The van der Waals surface area contributed by atoms with Gasteiger partial charge in [0, 0.05) is 55.4 Å². The fourth-order valence-electron chi connectivity index (χ4n) is 3.67. The van der Waals surface area contributed by atoms with Gasteiger partial charge in [0.1, 0.15) is 0 Å². The number of ketones is 1. The standard InChI is InChI=1S/C20H28N4O2/c1-14(2)24-13-17(16-5-3-4-6-18(16)24)19(25)20(26)22-15-7-10-23(11-8-15)12-9-21/h3-6,13-15H,7-12,21H2,1-2H3,(H,22,26). The maximum absolute atomic E-state index is 12.8. The van der Waals surface area contributed by atoms with Gasteiger partial charge in [0.25, 0.3) is 11.7 Å². The van der Waals surface area contributed by atoms with Crippen LogP contribution in [0.3, 0.4) is 0 Å². The number of carbonyl (C=O) groups excluding carboxylic acids is 2. The summed E-state index contributed by atoms with van der Waals surface area (Å²) in [6.45, 7) is 7.47. The minimum atomic E-state index is -0.506. The average molecular weight is 356 g/mol. The van der Waals surface area contributed by atoms with Crippen molar-refractivity contribution in [3.8, 4) is 0 Å². The molecule has 1 aromatic carbocycles. The van der Waals surface area contributed by atoms with Crippen molar-refractivity contribution in [2.75, 3.05) is 26.2 Å². The number of piperidine rings is 1. The molecule has 26 heavy (non-hydrogen) atoms. The SMILES string of the molecule is CC(C)n1cc(C(=O)C(=O)NC2CCN(CCN)CC2)c2ccccc21. The summed E-state index contributed by atoms with van der Waals surface area (Å²) >= 11 is 0. The number of amides is 1. The van der Waals surface area contributed by atoms with Crippen LogP contribution in [0.2, 0.25) is 0 Å². The number of likely N-dealkylation sites (tertiary alicyclic amines) is 1. The second-order valence-electron chi connectivity index (χ2n) is 7.27. The molecule has 0 radical (unpaired) electrons. The van der Waals surface area contributed by atoms with E-state index in [9.17, 15) is 9.59 Å². The zero-order valence-electron chi connectivity index (χ0n) is 15.6. The van der Waals surface area contributed by atoms with Gasteiger partial charge < -0.3 is 20.5 Å². The molecule has 1 aromatic heterocycles. The lowest BCUT2D eigenvalue weighted by molar-refractivity contribution is -0.117. The van der Waals surface area contributed by atoms with E-state index < -0.39 is 11.7 Å². The molecule has 3 N–H and O–H groups in total. The first-order valence-electron chi connectivity index (χ1n) is 9.38. The summed E-state index contributed by atoms with van der Waals surface area (Å²) in [5.41, 5.74) is 7.05. The van der Waals surface area contributed by atoms with E-state index in [0.717, 1.165) is 43.4 Å². The number of benzene rings is 1. The fraction of sp³-hybridized carbons (Fsp3) is 0.500. The number of nitrogens with two attached hydrogens (primary N) is 1. The van der Waals surface area contributed by atoms with Crippen molar-refractivity contribution in [2.24, 2.45) is 5.73 Å². The number of fused-ring (bicyclic) bond motifs is 1. The zero-order valence-corrected chi connectivity index (χ0v) is 15.6. The first kappa shape index (κ1) is 18.6. The number of Topliss-reactive ketones (excluding diaryl/α,β-unsaturated/α-hetero) is 1. The number of hydrogen-bond donors (Lipinski definition) is 2. The highest BCUT2D eigenvalue weighted by atomic mass is 16.2. The predicted octanol–water partition coefficient (Wildman–Crippen LogP) is 1.94. The Morgan fingerprint density at radius 3 is 2.58 bits per heavy atom. The summed E-state index contributed by atoms with van der Waals surface area (Å²) in [5, 5.41) is 3.76. The van der Waals surface area contributed by atoms with E-state index in [0.29, 0.717) is 12.1 Å². The van der Waals surface area contributed by atoms with Crippen LogP contribution < -0.4 is 11.1 Å². The summed E-state index contributed by atoms with van der Waals surface area (Å²) in [5.74, 6) is -0.959. The predicted molar refractivity (Wildman–Crippen MR) is 103 cm³/mol. The summed E-state index contributed by atoms with van der Waals surface area (Å²) in [6, 6.07) is 8.01. The Morgan fingerprint density at radius 1 is 1.23 bits per heavy atom. The van der Waals surface area contributed by atoms with Crippen LogP contribution >= 0.6 is 0 Å². The Morgan fingerprint density at radius 2 is 1.92 bits per heavy atom. The van der Waals surface area contributed by atoms with Crippen molar-refractivity contribution >= 4 is 22.6 Å². The maximum Gasteiger partial charge on any atom is 0.292 e. The highest BCUT2D eigenvalue weighted by molar-refractivity contribution is 6.45. The fourth-order valence-corrected chi connectivity index (χ4v) is 3.67. The molecule has 140 valence electrons. The largest absolute Gasteiger partial charge is 0.346 e. The Hall–Kier alpha value is -2.18. The first-order valence-corrected chi connectivity index (χ1v) is 9.38. The number of para-hydroxylation sites is 1. The third-order valence-corrected chi connectivity index (χ3v) is 5.12. The average Bonchev–Trinajstić information content (AvgIpc) is 3.03. The van der Waals surface area contributed by atoms with E-state index in [2.05, 4.69) is 24.1 Å². The summed E-state index contributed by atoms with van der Waals surface area (Å²) in [6.07, 6.45) is 3.51. The molecule has 1 saturated heterocycles. The molecule has 0 aliphatic carbocycles. The smallest absolute Gasteiger partial charge is 0.292 e. The van der Waals surface area contributed by atoms with Gasteiger partial charge in [-0.3, -0.25) is 9.59 Å². The van der Waals surface area contributed by atoms with Crippen LogP contribution in [-0.2, 0) is 4.79 Å². The Bertz CT molecular complexity index is 788. The van der Waals surface area contributed by atoms with Gasteiger partial charge in [-0.05, 0) is 32.8 Å². The van der Waals surface area contributed by atoms with Crippen LogP contribution in [0.25, 0.3) is 10.9 Å². The van der Waals surface area contributed by atoms with Crippen LogP contribution in [0.5, 0.6) is 0 Å². The molecule has 6 heteroatoms. The van der Waals surface area contributed by atoms with E-state index in [1.807, 2.05) is 28.8 Å². The normalized spacial score (nSPS) is 16.3. The molecule has 0 spiro atoms. The number of nitrogens with one attached hydrogen (secondary N) is 1. The molecular weight excluding hydrogens is 328 g/mol. The molecule has 1 aliphatic heterocycles. The molecule has 1 amide bonds. The van der Waals surface area contributed by atoms with Gasteiger partial charge >= 0.3 is 0 Å². The second kappa shape index (κ2) is 8.01. The van der Waals surface area contributed by atoms with Gasteiger partial charge in [-0.25, -0.2) is 0 Å². The number of nitrogens with zero attached hydrogens (tertiary/aromatic N) is 2. The van der Waals surface area contributed by atoms with E-state index in [1.54, 1.807) is 6.20 Å². The van der Waals surface area contributed by atoms with Gasteiger partial charge in [-0.2, -0.15) is 0 Å². The Balaban J connectivity index is 1.72. The van der Waals surface area contributed by atoms with Crippen molar-refractivity contribution in [1.29, 1.82) is 0 Å². The van der Waals surface area contributed by atoms with E-state index in [4.69, 9.17) is 5.73 Å². The molecule has 2 heterocycles. The third kappa shape index (κ3) is 3.81. The highest BCUT2D eigenvalue weighted by Crippen LogP contribution is 2.25. The highest BCUT2D eigenvalue weighted by Gasteiger charge is 2.26. The van der Waals surface area contributed by atoms with Crippen molar-refractivity contribution < 1.29 is 9.59 Å². The molecule has 2 aromatic rings. The molecule has 6 nitrogen and oxygen atoms in total. The monoisotopic (exact) mass is 356 g/mol. The van der Waals surface area contributed by atoms with Gasteiger partial charge in [0.05, 0.1) is 5.56 Å². The van der Waals surface area contributed by atoms with Gasteiger partial charge in [-0.1, -0.05) is 18.2 Å².